The Morgan fingerprint density at radius 2 is 1.86 bits per heavy atom. The Morgan fingerprint density at radius 3 is 2.51 bits per heavy atom. The first-order valence-corrected chi connectivity index (χ1v) is 12.6. The minimum absolute atomic E-state index is 0.0207. The first-order valence-electron chi connectivity index (χ1n) is 11.9. The molecule has 2 aromatic carbocycles. The molecule has 0 aromatic heterocycles. The standard InChI is InChI=1S/C26H27Cl2FN2O4/c27-17-3-1-16(2-4-17)19-7-12-31(24(19)34)25-8-10-26(11-9-25,22(32)14-25)30-23(33)15-35-18-5-6-20(28)21(29)13-18/h1-6,13,19,22,32H,7-12,14-15H2,(H,30,33)/t19-,22-,25?,26?/m0/s1. The van der Waals surface area contributed by atoms with Gasteiger partial charge in [0.25, 0.3) is 5.91 Å². The second-order valence-electron chi connectivity index (χ2n) is 9.90. The molecule has 2 bridgehead atoms. The van der Waals surface area contributed by atoms with Crippen molar-refractivity contribution in [2.45, 2.75) is 61.6 Å². The van der Waals surface area contributed by atoms with Gasteiger partial charge < -0.3 is 20.1 Å². The van der Waals surface area contributed by atoms with Crippen LogP contribution >= 0.6 is 23.2 Å². The minimum atomic E-state index is -0.774. The molecular weight excluding hydrogens is 494 g/mol. The first kappa shape index (κ1) is 24.3. The molecule has 1 heterocycles. The molecule has 4 aliphatic rings. The quantitative estimate of drug-likeness (QED) is 0.589. The van der Waals surface area contributed by atoms with Crippen molar-refractivity contribution in [3.8, 4) is 5.75 Å². The van der Waals surface area contributed by atoms with Crippen LogP contribution in [0.15, 0.2) is 42.5 Å². The normalized spacial score (nSPS) is 29.9. The van der Waals surface area contributed by atoms with Crippen LogP contribution in [0.3, 0.4) is 0 Å². The van der Waals surface area contributed by atoms with Gasteiger partial charge in [-0.05, 0) is 68.4 Å². The molecule has 35 heavy (non-hydrogen) atoms. The number of nitrogens with zero attached hydrogens (tertiary/aromatic N) is 1. The van der Waals surface area contributed by atoms with Gasteiger partial charge in [-0.15, -0.1) is 0 Å². The van der Waals surface area contributed by atoms with Crippen LogP contribution in [-0.2, 0) is 9.59 Å². The number of carbonyl (C=O) groups is 2. The van der Waals surface area contributed by atoms with Gasteiger partial charge in [0.1, 0.15) is 11.6 Å². The molecule has 3 saturated carbocycles. The van der Waals surface area contributed by atoms with Crippen molar-refractivity contribution in [1.82, 2.24) is 10.2 Å². The average molecular weight is 521 g/mol. The first-order chi connectivity index (χ1) is 16.7. The van der Waals surface area contributed by atoms with Gasteiger partial charge in [0.05, 0.1) is 22.6 Å². The van der Waals surface area contributed by atoms with E-state index in [1.54, 1.807) is 12.1 Å². The Morgan fingerprint density at radius 1 is 1.14 bits per heavy atom. The van der Waals surface area contributed by atoms with Crippen molar-refractivity contribution in [3.63, 3.8) is 0 Å². The number of hydrogen-bond donors (Lipinski definition) is 2. The second-order valence-corrected chi connectivity index (χ2v) is 10.7. The predicted molar refractivity (Wildman–Crippen MR) is 130 cm³/mol. The van der Waals surface area contributed by atoms with E-state index in [0.29, 0.717) is 43.7 Å². The molecule has 1 aliphatic heterocycles. The highest BCUT2D eigenvalue weighted by Crippen LogP contribution is 2.52. The fraction of sp³-hybridized carbons (Fsp3) is 0.462. The fourth-order valence-electron chi connectivity index (χ4n) is 6.03. The lowest BCUT2D eigenvalue weighted by atomic mass is 9.59. The molecule has 186 valence electrons. The van der Waals surface area contributed by atoms with Gasteiger partial charge in [-0.2, -0.15) is 0 Å². The highest BCUT2D eigenvalue weighted by Gasteiger charge is 2.59. The number of halogens is 3. The number of nitrogens with one attached hydrogen (secondary N) is 1. The highest BCUT2D eigenvalue weighted by atomic mass is 35.5. The van der Waals surface area contributed by atoms with Gasteiger partial charge in [-0.25, -0.2) is 4.39 Å². The summed E-state index contributed by atoms with van der Waals surface area (Å²) in [7, 11) is 0. The number of benzene rings is 2. The molecule has 0 spiro atoms. The molecule has 2 atom stereocenters. The lowest BCUT2D eigenvalue weighted by molar-refractivity contribution is -0.152. The van der Waals surface area contributed by atoms with Crippen LogP contribution in [0.4, 0.5) is 4.39 Å². The van der Waals surface area contributed by atoms with Gasteiger partial charge in [0.2, 0.25) is 5.91 Å². The molecule has 9 heteroatoms. The monoisotopic (exact) mass is 520 g/mol. The lowest BCUT2D eigenvalue weighted by Crippen LogP contribution is -2.70. The number of rotatable bonds is 6. The van der Waals surface area contributed by atoms with E-state index >= 15 is 0 Å². The molecule has 3 aliphatic carbocycles. The zero-order chi connectivity index (χ0) is 24.8. The molecular formula is C26H27Cl2FN2O4. The number of hydrogen-bond acceptors (Lipinski definition) is 4. The Hall–Kier alpha value is -2.35. The van der Waals surface area contributed by atoms with Gasteiger partial charge in [-0.3, -0.25) is 9.59 Å². The molecule has 1 saturated heterocycles. The number of amides is 2. The van der Waals surface area contributed by atoms with Crippen molar-refractivity contribution in [1.29, 1.82) is 0 Å². The van der Waals surface area contributed by atoms with Crippen LogP contribution in [-0.4, -0.2) is 52.2 Å². The number of ether oxygens (including phenoxy) is 1. The van der Waals surface area contributed by atoms with Crippen LogP contribution in [0.2, 0.25) is 10.0 Å². The van der Waals surface area contributed by atoms with Gasteiger partial charge >= 0.3 is 0 Å². The highest BCUT2D eigenvalue weighted by molar-refractivity contribution is 6.31. The van der Waals surface area contributed by atoms with Gasteiger partial charge in [-0.1, -0.05) is 35.3 Å². The van der Waals surface area contributed by atoms with Crippen molar-refractivity contribution >= 4 is 35.0 Å². The van der Waals surface area contributed by atoms with Crippen LogP contribution < -0.4 is 10.1 Å². The summed E-state index contributed by atoms with van der Waals surface area (Å²) in [6, 6.07) is 11.4. The number of carbonyl (C=O) groups excluding carboxylic acids is 2. The van der Waals surface area contributed by atoms with Gasteiger partial charge in [0.15, 0.2) is 6.61 Å². The van der Waals surface area contributed by atoms with E-state index in [2.05, 4.69) is 5.32 Å². The fourth-order valence-corrected chi connectivity index (χ4v) is 6.27. The Balaban J connectivity index is 1.21. The second kappa shape index (κ2) is 9.26. The van der Waals surface area contributed by atoms with Crippen LogP contribution in [0, 0.1) is 5.82 Å². The maximum atomic E-state index is 13.6. The third kappa shape index (κ3) is 4.50. The van der Waals surface area contributed by atoms with E-state index in [1.165, 1.54) is 12.1 Å². The maximum absolute atomic E-state index is 13.6. The van der Waals surface area contributed by atoms with Crippen LogP contribution in [0.25, 0.3) is 0 Å². The van der Waals surface area contributed by atoms with Crippen molar-refractivity contribution in [2.75, 3.05) is 13.2 Å². The van der Waals surface area contributed by atoms with E-state index in [9.17, 15) is 19.1 Å². The van der Waals surface area contributed by atoms with Crippen molar-refractivity contribution < 1.29 is 23.8 Å². The smallest absolute Gasteiger partial charge is 0.258 e. The molecule has 0 radical (unpaired) electrons. The third-order valence-corrected chi connectivity index (χ3v) is 8.54. The summed E-state index contributed by atoms with van der Waals surface area (Å²) >= 11 is 11.7. The van der Waals surface area contributed by atoms with E-state index in [4.69, 9.17) is 27.9 Å². The summed E-state index contributed by atoms with van der Waals surface area (Å²) in [6.45, 7) is 0.359. The molecule has 6 nitrogen and oxygen atoms in total. The summed E-state index contributed by atoms with van der Waals surface area (Å²) < 4.78 is 19.0. The molecule has 2 N–H and O–H groups in total. The average Bonchev–Trinajstić information content (AvgIpc) is 3.23. The SMILES string of the molecule is O=C(COc1ccc(Cl)c(F)c1)NC12CCC(N3CC[C@@H](c4ccc(Cl)cc4)C3=O)(CC1)C[C@@H]2O. The summed E-state index contributed by atoms with van der Waals surface area (Å²) in [5.74, 6) is -0.893. The summed E-state index contributed by atoms with van der Waals surface area (Å²) in [4.78, 5) is 28.0. The van der Waals surface area contributed by atoms with E-state index in [-0.39, 0.29) is 40.7 Å². The molecule has 2 amide bonds. The minimum Gasteiger partial charge on any atom is -0.484 e. The summed E-state index contributed by atoms with van der Waals surface area (Å²) in [6.07, 6.45) is 2.97. The van der Waals surface area contributed by atoms with Crippen LogP contribution in [0.5, 0.6) is 5.75 Å². The summed E-state index contributed by atoms with van der Waals surface area (Å²) in [5, 5.41) is 14.7. The predicted octanol–water partition coefficient (Wildman–Crippen LogP) is 4.46. The maximum Gasteiger partial charge on any atom is 0.258 e. The summed E-state index contributed by atoms with van der Waals surface area (Å²) in [5.41, 5.74) is -0.166. The number of fused-ring (bicyclic) bond motifs is 3. The van der Waals surface area contributed by atoms with Crippen molar-refractivity contribution in [3.05, 3.63) is 63.9 Å². The third-order valence-electron chi connectivity index (χ3n) is 7.98. The Bertz CT molecular complexity index is 1130. The molecule has 6 rings (SSSR count). The van der Waals surface area contributed by atoms with Crippen LogP contribution in [0.1, 0.15) is 50.0 Å². The molecule has 2 aromatic rings. The van der Waals surface area contributed by atoms with Crippen molar-refractivity contribution in [2.24, 2.45) is 0 Å². The largest absolute Gasteiger partial charge is 0.484 e. The van der Waals surface area contributed by atoms with E-state index in [0.717, 1.165) is 18.1 Å². The van der Waals surface area contributed by atoms with Gasteiger partial charge in [0, 0.05) is 23.2 Å². The van der Waals surface area contributed by atoms with E-state index in [1.807, 2.05) is 17.0 Å². The Kier molecular flexibility index (Phi) is 6.45. The zero-order valence-corrected chi connectivity index (χ0v) is 20.6. The lowest BCUT2D eigenvalue weighted by Gasteiger charge is -2.59. The van der Waals surface area contributed by atoms with E-state index < -0.39 is 17.5 Å². The number of likely N-dealkylation sites (tertiary alicyclic amines) is 1. The topological polar surface area (TPSA) is 78.9 Å². The molecule has 4 fully saturated rings. The Labute approximate surface area is 213 Å². The number of aliphatic hydroxyl groups excluding tert-OH is 1. The number of aliphatic hydroxyl groups is 1. The molecule has 0 unspecified atom stereocenters. The zero-order valence-electron chi connectivity index (χ0n) is 19.1.